The topological polar surface area (TPSA) is 58.6 Å². The number of aryl methyl sites for hydroxylation is 1. The molecule has 4 nitrogen and oxygen atoms in total. The number of ether oxygens (including phenoxy) is 1. The second-order valence-corrected chi connectivity index (χ2v) is 5.38. The minimum atomic E-state index is -0.938. The van der Waals surface area contributed by atoms with Gasteiger partial charge in [-0.15, -0.1) is 0 Å². The maximum atomic E-state index is 13.5. The van der Waals surface area contributed by atoms with Crippen LogP contribution >= 0.6 is 0 Å². The van der Waals surface area contributed by atoms with E-state index in [1.807, 2.05) is 0 Å². The molecule has 1 aliphatic carbocycles. The van der Waals surface area contributed by atoms with Gasteiger partial charge in [0.2, 0.25) is 0 Å². The highest BCUT2D eigenvalue weighted by Gasteiger charge is 2.42. The van der Waals surface area contributed by atoms with Gasteiger partial charge in [-0.05, 0) is 44.9 Å². The number of carboxylic acids is 1. The van der Waals surface area contributed by atoms with Crippen molar-refractivity contribution >= 4 is 5.97 Å². The molecule has 1 fully saturated rings. The lowest BCUT2D eigenvalue weighted by atomic mass is 9.80. The molecule has 2 rings (SSSR count). The minimum Gasteiger partial charge on any atom is -0.490 e. The molecule has 0 saturated heterocycles. The molecule has 2 atom stereocenters. The first kappa shape index (κ1) is 14.8. The normalized spacial score (nSPS) is 26.2. The Labute approximate surface area is 117 Å². The predicted octanol–water partition coefficient (Wildman–Crippen LogP) is 2.50. The Kier molecular flexibility index (Phi) is 4.28. The number of rotatable bonds is 4. The number of halogens is 1. The molecule has 5 heteroatoms. The van der Waals surface area contributed by atoms with E-state index >= 15 is 0 Å². The summed E-state index contributed by atoms with van der Waals surface area (Å²) in [6.45, 7) is 1.69. The van der Waals surface area contributed by atoms with Crippen LogP contribution in [0.25, 0.3) is 0 Å². The van der Waals surface area contributed by atoms with Crippen LogP contribution in [0.1, 0.15) is 31.2 Å². The van der Waals surface area contributed by atoms with Gasteiger partial charge in [0.25, 0.3) is 0 Å². The van der Waals surface area contributed by atoms with Gasteiger partial charge in [0.15, 0.2) is 0 Å². The van der Waals surface area contributed by atoms with Crippen molar-refractivity contribution in [3.8, 4) is 5.75 Å². The van der Waals surface area contributed by atoms with Crippen molar-refractivity contribution in [1.82, 2.24) is 5.32 Å². The summed E-state index contributed by atoms with van der Waals surface area (Å²) in [6, 6.07) is 4.73. The molecule has 110 valence electrons. The predicted molar refractivity (Wildman–Crippen MR) is 73.4 cm³/mol. The number of nitrogens with one attached hydrogen (secondary N) is 1. The molecule has 0 radical (unpaired) electrons. The first-order chi connectivity index (χ1) is 9.47. The second-order valence-electron chi connectivity index (χ2n) is 5.38. The summed E-state index contributed by atoms with van der Waals surface area (Å²) in [5, 5.41) is 12.3. The van der Waals surface area contributed by atoms with Crippen molar-refractivity contribution in [3.05, 3.63) is 29.6 Å². The van der Waals surface area contributed by atoms with E-state index in [1.165, 1.54) is 6.07 Å². The summed E-state index contributed by atoms with van der Waals surface area (Å²) >= 11 is 0. The highest BCUT2D eigenvalue weighted by molar-refractivity contribution is 5.79. The smallest absolute Gasteiger partial charge is 0.324 e. The van der Waals surface area contributed by atoms with Crippen LogP contribution in [0.3, 0.4) is 0 Å². The Balaban J connectivity index is 2.09. The molecule has 0 heterocycles. The third-order valence-electron chi connectivity index (χ3n) is 4.04. The molecule has 2 unspecified atom stereocenters. The van der Waals surface area contributed by atoms with Crippen LogP contribution in [0, 0.1) is 12.7 Å². The van der Waals surface area contributed by atoms with Crippen LogP contribution in [0.15, 0.2) is 18.2 Å². The molecule has 0 bridgehead atoms. The summed E-state index contributed by atoms with van der Waals surface area (Å²) in [5.41, 5.74) is -0.372. The lowest BCUT2D eigenvalue weighted by Gasteiger charge is -2.37. The van der Waals surface area contributed by atoms with Gasteiger partial charge in [-0.1, -0.05) is 6.07 Å². The number of carboxylic acid groups (broad SMARTS) is 1. The molecule has 0 aliphatic heterocycles. The van der Waals surface area contributed by atoms with Crippen LogP contribution in [0.4, 0.5) is 4.39 Å². The van der Waals surface area contributed by atoms with Crippen molar-refractivity contribution in [2.45, 2.75) is 44.2 Å². The van der Waals surface area contributed by atoms with Crippen LogP contribution in [-0.4, -0.2) is 29.8 Å². The van der Waals surface area contributed by atoms with Gasteiger partial charge in [-0.3, -0.25) is 4.79 Å². The number of benzene rings is 1. The van der Waals surface area contributed by atoms with E-state index < -0.39 is 11.5 Å². The van der Waals surface area contributed by atoms with E-state index in [0.717, 1.165) is 12.8 Å². The summed E-state index contributed by atoms with van der Waals surface area (Å²) in [5.74, 6) is -0.713. The van der Waals surface area contributed by atoms with Crippen molar-refractivity contribution in [2.24, 2.45) is 0 Å². The summed E-state index contributed by atoms with van der Waals surface area (Å²) in [4.78, 5) is 11.4. The molecule has 2 N–H and O–H groups in total. The summed E-state index contributed by atoms with van der Waals surface area (Å²) in [6.07, 6.45) is 2.31. The Morgan fingerprint density at radius 3 is 2.90 bits per heavy atom. The van der Waals surface area contributed by atoms with Gasteiger partial charge in [-0.25, -0.2) is 4.39 Å². The first-order valence-corrected chi connectivity index (χ1v) is 6.82. The van der Waals surface area contributed by atoms with Gasteiger partial charge in [0, 0.05) is 12.5 Å². The second kappa shape index (κ2) is 5.79. The number of carbonyl (C=O) groups is 1. The maximum absolute atomic E-state index is 13.5. The zero-order valence-electron chi connectivity index (χ0n) is 11.8. The van der Waals surface area contributed by atoms with Gasteiger partial charge < -0.3 is 15.2 Å². The number of hydrogen-bond donors (Lipinski definition) is 2. The molecule has 1 aliphatic rings. The van der Waals surface area contributed by atoms with Crippen molar-refractivity contribution < 1.29 is 19.0 Å². The third kappa shape index (κ3) is 2.93. The Morgan fingerprint density at radius 2 is 2.30 bits per heavy atom. The monoisotopic (exact) mass is 281 g/mol. The molecule has 0 spiro atoms. The van der Waals surface area contributed by atoms with Crippen molar-refractivity contribution in [3.63, 3.8) is 0 Å². The molecule has 1 aromatic rings. The molecule has 0 aromatic heterocycles. The molecule has 1 aromatic carbocycles. The van der Waals surface area contributed by atoms with Gasteiger partial charge in [0.05, 0.1) is 0 Å². The fourth-order valence-corrected chi connectivity index (χ4v) is 2.69. The lowest BCUT2D eigenvalue weighted by molar-refractivity contribution is -0.147. The molecule has 1 saturated carbocycles. The molecule has 0 amide bonds. The van der Waals surface area contributed by atoms with Crippen molar-refractivity contribution in [1.29, 1.82) is 0 Å². The van der Waals surface area contributed by atoms with E-state index in [-0.39, 0.29) is 11.9 Å². The number of likely N-dealkylation sites (N-methyl/N-ethyl adjacent to an activating group) is 1. The van der Waals surface area contributed by atoms with Gasteiger partial charge >= 0.3 is 5.97 Å². The lowest BCUT2D eigenvalue weighted by Crippen LogP contribution is -2.55. The standard InChI is InChI=1S/C15H20FNO3/c1-10-5-6-11(8-13(10)16)20-12-4-3-7-15(9-12,17-2)14(18)19/h5-6,8,12,17H,3-4,7,9H2,1-2H3,(H,18,19). The minimum absolute atomic E-state index is 0.214. The molecular formula is C15H20FNO3. The fourth-order valence-electron chi connectivity index (χ4n) is 2.69. The van der Waals surface area contributed by atoms with Gasteiger partial charge in [-0.2, -0.15) is 0 Å². The number of hydrogen-bond acceptors (Lipinski definition) is 3. The van der Waals surface area contributed by atoms with Gasteiger partial charge in [0.1, 0.15) is 23.2 Å². The van der Waals surface area contributed by atoms with Crippen molar-refractivity contribution in [2.75, 3.05) is 7.05 Å². The largest absolute Gasteiger partial charge is 0.490 e. The molecule has 20 heavy (non-hydrogen) atoms. The maximum Gasteiger partial charge on any atom is 0.324 e. The van der Waals surface area contributed by atoms with E-state index in [2.05, 4.69) is 5.32 Å². The Bertz CT molecular complexity index is 506. The molecular weight excluding hydrogens is 261 g/mol. The zero-order chi connectivity index (χ0) is 14.8. The Morgan fingerprint density at radius 1 is 1.55 bits per heavy atom. The number of aliphatic carboxylic acids is 1. The quantitative estimate of drug-likeness (QED) is 0.890. The van der Waals surface area contributed by atoms with Crippen LogP contribution in [-0.2, 0) is 4.79 Å². The van der Waals surface area contributed by atoms with E-state index in [0.29, 0.717) is 24.2 Å². The van der Waals surface area contributed by atoms with E-state index in [4.69, 9.17) is 4.74 Å². The zero-order valence-corrected chi connectivity index (χ0v) is 11.8. The first-order valence-electron chi connectivity index (χ1n) is 6.82. The SMILES string of the molecule is CNC1(C(=O)O)CCCC(Oc2ccc(C)c(F)c2)C1. The fraction of sp³-hybridized carbons (Fsp3) is 0.533. The Hall–Kier alpha value is -1.62. The summed E-state index contributed by atoms with van der Waals surface area (Å²) in [7, 11) is 1.65. The average Bonchev–Trinajstić information content (AvgIpc) is 2.43. The third-order valence-corrected chi connectivity index (χ3v) is 4.04. The van der Waals surface area contributed by atoms with Crippen LogP contribution < -0.4 is 10.1 Å². The van der Waals surface area contributed by atoms with E-state index in [1.54, 1.807) is 26.1 Å². The highest BCUT2D eigenvalue weighted by Crippen LogP contribution is 2.31. The van der Waals surface area contributed by atoms with Crippen LogP contribution in [0.2, 0.25) is 0 Å². The average molecular weight is 281 g/mol. The van der Waals surface area contributed by atoms with E-state index in [9.17, 15) is 14.3 Å². The van der Waals surface area contributed by atoms with Crippen LogP contribution in [0.5, 0.6) is 5.75 Å². The summed E-state index contributed by atoms with van der Waals surface area (Å²) < 4.78 is 19.2. The highest BCUT2D eigenvalue weighted by atomic mass is 19.1.